The van der Waals surface area contributed by atoms with Gasteiger partial charge >= 0.3 is 0 Å². The Balaban J connectivity index is 0.00000364. The molecule has 0 aromatic heterocycles. The standard InChI is InChI=1S/C20H31N3O3.ClH/c1-15-12-17(20(25)22(4)11-8-21-3)13-16(2)19(15)26-14-18(24)23-9-6-5-7-10-23;/h12-13,21H,5-11,14H2,1-4H3;1H. The molecule has 1 heterocycles. The molecule has 6 nitrogen and oxygen atoms in total. The number of nitrogens with one attached hydrogen (secondary N) is 1. The molecule has 1 aromatic carbocycles. The van der Waals surface area contributed by atoms with Gasteiger partial charge in [0.05, 0.1) is 0 Å². The first kappa shape index (κ1) is 23.2. The van der Waals surface area contributed by atoms with Crippen LogP contribution in [0, 0.1) is 13.8 Å². The van der Waals surface area contributed by atoms with Crippen LogP contribution in [0.5, 0.6) is 5.75 Å². The van der Waals surface area contributed by atoms with Crippen LogP contribution in [0.15, 0.2) is 12.1 Å². The van der Waals surface area contributed by atoms with E-state index >= 15 is 0 Å². The average molecular weight is 398 g/mol. The Morgan fingerprint density at radius 2 is 1.74 bits per heavy atom. The number of piperidine rings is 1. The van der Waals surface area contributed by atoms with Crippen molar-refractivity contribution in [1.82, 2.24) is 15.1 Å². The maximum atomic E-state index is 12.5. The number of hydrogen-bond donors (Lipinski definition) is 1. The molecule has 0 aliphatic carbocycles. The number of likely N-dealkylation sites (tertiary alicyclic amines) is 1. The Bertz CT molecular complexity index is 622. The molecular formula is C20H32ClN3O3. The van der Waals surface area contributed by atoms with E-state index in [2.05, 4.69) is 5.32 Å². The molecule has 152 valence electrons. The van der Waals surface area contributed by atoms with E-state index in [0.29, 0.717) is 17.9 Å². The van der Waals surface area contributed by atoms with Crippen molar-refractivity contribution < 1.29 is 14.3 Å². The van der Waals surface area contributed by atoms with Gasteiger partial charge < -0.3 is 19.9 Å². The van der Waals surface area contributed by atoms with Gasteiger partial charge in [-0.15, -0.1) is 12.4 Å². The highest BCUT2D eigenvalue weighted by Gasteiger charge is 2.19. The molecule has 0 spiro atoms. The fourth-order valence-electron chi connectivity index (χ4n) is 3.27. The molecule has 27 heavy (non-hydrogen) atoms. The number of likely N-dealkylation sites (N-methyl/N-ethyl adjacent to an activating group) is 2. The lowest BCUT2D eigenvalue weighted by Gasteiger charge is -2.27. The fraction of sp³-hybridized carbons (Fsp3) is 0.600. The second kappa shape index (κ2) is 11.1. The summed E-state index contributed by atoms with van der Waals surface area (Å²) < 4.78 is 5.82. The summed E-state index contributed by atoms with van der Waals surface area (Å²) >= 11 is 0. The van der Waals surface area contributed by atoms with E-state index in [1.165, 1.54) is 6.42 Å². The van der Waals surface area contributed by atoms with Crippen molar-refractivity contribution in [2.75, 3.05) is 46.9 Å². The van der Waals surface area contributed by atoms with Crippen LogP contribution < -0.4 is 10.1 Å². The SMILES string of the molecule is CNCCN(C)C(=O)c1cc(C)c(OCC(=O)N2CCCCC2)c(C)c1.Cl. The van der Waals surface area contributed by atoms with Gasteiger partial charge in [-0.1, -0.05) is 0 Å². The summed E-state index contributed by atoms with van der Waals surface area (Å²) in [6, 6.07) is 3.68. The zero-order chi connectivity index (χ0) is 19.1. The van der Waals surface area contributed by atoms with Crippen LogP contribution in [0.25, 0.3) is 0 Å². The summed E-state index contributed by atoms with van der Waals surface area (Å²) in [7, 11) is 3.66. The van der Waals surface area contributed by atoms with Crippen LogP contribution in [0.3, 0.4) is 0 Å². The van der Waals surface area contributed by atoms with E-state index < -0.39 is 0 Å². The number of benzene rings is 1. The molecule has 0 atom stereocenters. The van der Waals surface area contributed by atoms with Gasteiger partial charge in [0.15, 0.2) is 6.61 Å². The van der Waals surface area contributed by atoms with Crippen molar-refractivity contribution in [3.05, 3.63) is 28.8 Å². The average Bonchev–Trinajstić information content (AvgIpc) is 2.65. The summed E-state index contributed by atoms with van der Waals surface area (Å²) in [5.41, 5.74) is 2.40. The highest BCUT2D eigenvalue weighted by molar-refractivity contribution is 5.94. The Hall–Kier alpha value is -1.79. The van der Waals surface area contributed by atoms with Gasteiger partial charge in [0.25, 0.3) is 11.8 Å². The number of hydrogen-bond acceptors (Lipinski definition) is 4. The zero-order valence-corrected chi connectivity index (χ0v) is 17.7. The van der Waals surface area contributed by atoms with Crippen molar-refractivity contribution in [1.29, 1.82) is 0 Å². The van der Waals surface area contributed by atoms with Crippen LogP contribution in [0.1, 0.15) is 40.7 Å². The molecule has 1 N–H and O–H groups in total. The predicted octanol–water partition coefficient (Wildman–Crippen LogP) is 2.41. The van der Waals surface area contributed by atoms with Gasteiger partial charge in [-0.05, 0) is 63.4 Å². The lowest BCUT2D eigenvalue weighted by atomic mass is 10.0. The lowest BCUT2D eigenvalue weighted by Crippen LogP contribution is -2.38. The molecule has 1 fully saturated rings. The molecule has 0 bridgehead atoms. The Labute approximate surface area is 168 Å². The zero-order valence-electron chi connectivity index (χ0n) is 16.8. The van der Waals surface area contributed by atoms with E-state index in [-0.39, 0.29) is 30.8 Å². The number of carbonyl (C=O) groups excluding carboxylic acids is 2. The van der Waals surface area contributed by atoms with Gasteiger partial charge in [-0.2, -0.15) is 0 Å². The van der Waals surface area contributed by atoms with Gasteiger partial charge in [0.2, 0.25) is 0 Å². The van der Waals surface area contributed by atoms with Crippen molar-refractivity contribution in [2.24, 2.45) is 0 Å². The second-order valence-corrected chi connectivity index (χ2v) is 7.00. The van der Waals surface area contributed by atoms with Crippen LogP contribution >= 0.6 is 12.4 Å². The van der Waals surface area contributed by atoms with Crippen LogP contribution in [0.4, 0.5) is 0 Å². The summed E-state index contributed by atoms with van der Waals surface area (Å²) in [6.07, 6.45) is 3.34. The van der Waals surface area contributed by atoms with Crippen molar-refractivity contribution in [3.8, 4) is 5.75 Å². The number of amides is 2. The van der Waals surface area contributed by atoms with E-state index in [4.69, 9.17) is 4.74 Å². The van der Waals surface area contributed by atoms with Crippen molar-refractivity contribution >= 4 is 24.2 Å². The molecule has 2 rings (SSSR count). The lowest BCUT2D eigenvalue weighted by molar-refractivity contribution is -0.134. The van der Waals surface area contributed by atoms with Gasteiger partial charge in [-0.3, -0.25) is 9.59 Å². The first-order chi connectivity index (χ1) is 12.4. The largest absolute Gasteiger partial charge is 0.483 e. The summed E-state index contributed by atoms with van der Waals surface area (Å²) in [5, 5.41) is 3.04. The van der Waals surface area contributed by atoms with Gasteiger partial charge in [0.1, 0.15) is 5.75 Å². The van der Waals surface area contributed by atoms with Crippen LogP contribution in [-0.2, 0) is 4.79 Å². The number of ether oxygens (including phenoxy) is 1. The smallest absolute Gasteiger partial charge is 0.260 e. The number of rotatable bonds is 7. The molecule has 1 aliphatic rings. The number of carbonyl (C=O) groups is 2. The summed E-state index contributed by atoms with van der Waals surface area (Å²) in [6.45, 7) is 6.93. The van der Waals surface area contributed by atoms with E-state index in [9.17, 15) is 9.59 Å². The Morgan fingerprint density at radius 3 is 2.30 bits per heavy atom. The topological polar surface area (TPSA) is 61.9 Å². The van der Waals surface area contributed by atoms with E-state index in [1.54, 1.807) is 11.9 Å². The first-order valence-corrected chi connectivity index (χ1v) is 9.36. The fourth-order valence-corrected chi connectivity index (χ4v) is 3.27. The second-order valence-electron chi connectivity index (χ2n) is 7.00. The molecule has 1 aromatic rings. The monoisotopic (exact) mass is 397 g/mol. The van der Waals surface area contributed by atoms with Crippen LogP contribution in [0.2, 0.25) is 0 Å². The quantitative estimate of drug-likeness (QED) is 0.767. The minimum Gasteiger partial charge on any atom is -0.483 e. The number of halogens is 1. The molecule has 0 saturated carbocycles. The maximum absolute atomic E-state index is 12.5. The third kappa shape index (κ3) is 6.40. The Kier molecular flexibility index (Phi) is 9.60. The van der Waals surface area contributed by atoms with Gasteiger partial charge in [-0.25, -0.2) is 0 Å². The minimum atomic E-state index is -0.0117. The number of aryl methyl sites for hydroxylation is 2. The molecule has 0 unspecified atom stereocenters. The third-order valence-corrected chi connectivity index (χ3v) is 4.80. The predicted molar refractivity (Wildman–Crippen MR) is 110 cm³/mol. The molecule has 1 saturated heterocycles. The Morgan fingerprint density at radius 1 is 1.15 bits per heavy atom. The van der Waals surface area contributed by atoms with Crippen molar-refractivity contribution in [3.63, 3.8) is 0 Å². The van der Waals surface area contributed by atoms with E-state index in [0.717, 1.165) is 43.6 Å². The molecule has 2 amide bonds. The third-order valence-electron chi connectivity index (χ3n) is 4.80. The highest BCUT2D eigenvalue weighted by Crippen LogP contribution is 2.25. The van der Waals surface area contributed by atoms with Gasteiger partial charge in [0, 0.05) is 38.8 Å². The summed E-state index contributed by atoms with van der Waals surface area (Å²) in [4.78, 5) is 28.4. The molecular weight excluding hydrogens is 366 g/mol. The summed E-state index contributed by atoms with van der Waals surface area (Å²) in [5.74, 6) is 0.725. The van der Waals surface area contributed by atoms with Crippen LogP contribution in [-0.4, -0.2) is 68.5 Å². The molecule has 7 heteroatoms. The minimum absolute atomic E-state index is 0. The molecule has 1 aliphatic heterocycles. The normalized spacial score (nSPS) is 13.7. The maximum Gasteiger partial charge on any atom is 0.260 e. The number of nitrogens with zero attached hydrogens (tertiary/aromatic N) is 2. The first-order valence-electron chi connectivity index (χ1n) is 9.36. The van der Waals surface area contributed by atoms with E-state index in [1.807, 2.05) is 37.9 Å². The molecule has 0 radical (unpaired) electrons. The van der Waals surface area contributed by atoms with Crippen molar-refractivity contribution in [2.45, 2.75) is 33.1 Å². The highest BCUT2D eigenvalue weighted by atomic mass is 35.5.